The first kappa shape index (κ1) is 17.7. The van der Waals surface area contributed by atoms with Gasteiger partial charge in [0, 0.05) is 12.7 Å². The van der Waals surface area contributed by atoms with Gasteiger partial charge >= 0.3 is 0 Å². The lowest BCUT2D eigenvalue weighted by atomic mass is 10.3. The lowest BCUT2D eigenvalue weighted by Crippen LogP contribution is -2.35. The minimum atomic E-state index is -3.85. The van der Waals surface area contributed by atoms with Crippen LogP contribution in [0.1, 0.15) is 0 Å². The second kappa shape index (κ2) is 7.42. The summed E-state index contributed by atoms with van der Waals surface area (Å²) in [6.07, 6.45) is 1.36. The molecule has 0 aliphatic rings. The first-order chi connectivity index (χ1) is 12.5. The molecule has 26 heavy (non-hydrogen) atoms. The number of hydrogen-bond acceptors (Lipinski definition) is 6. The average Bonchev–Trinajstić information content (AvgIpc) is 3.17. The molecule has 10 heteroatoms. The second-order valence-electron chi connectivity index (χ2n) is 5.43. The Labute approximate surface area is 150 Å². The number of sulfonamides is 1. The molecule has 0 aliphatic carbocycles. The number of benzene rings is 2. The first-order valence-electron chi connectivity index (χ1n) is 7.61. The van der Waals surface area contributed by atoms with E-state index in [4.69, 9.17) is 0 Å². The Balaban J connectivity index is 1.75. The van der Waals surface area contributed by atoms with Gasteiger partial charge in [-0.2, -0.15) is 4.31 Å². The second-order valence-corrected chi connectivity index (χ2v) is 7.47. The third kappa shape index (κ3) is 3.92. The number of carbonyl (C=O) groups is 1. The zero-order chi connectivity index (χ0) is 18.6. The van der Waals surface area contributed by atoms with Crippen molar-refractivity contribution in [1.82, 2.24) is 24.5 Å². The van der Waals surface area contributed by atoms with Crippen molar-refractivity contribution >= 4 is 21.6 Å². The molecule has 1 heterocycles. The van der Waals surface area contributed by atoms with Gasteiger partial charge in [-0.15, -0.1) is 5.10 Å². The van der Waals surface area contributed by atoms with E-state index in [0.29, 0.717) is 11.4 Å². The molecule has 0 saturated heterocycles. The fraction of sp³-hybridized carbons (Fsp3) is 0.125. The van der Waals surface area contributed by atoms with E-state index in [1.54, 1.807) is 36.4 Å². The maximum absolute atomic E-state index is 12.7. The van der Waals surface area contributed by atoms with Gasteiger partial charge in [0.05, 0.1) is 17.1 Å². The molecule has 134 valence electrons. The van der Waals surface area contributed by atoms with Crippen molar-refractivity contribution in [3.63, 3.8) is 0 Å². The highest BCUT2D eigenvalue weighted by Gasteiger charge is 2.23. The van der Waals surface area contributed by atoms with Crippen LogP contribution in [0.4, 0.5) is 5.69 Å². The number of carbonyl (C=O) groups excluding carboxylic acids is 1. The van der Waals surface area contributed by atoms with Gasteiger partial charge < -0.3 is 5.32 Å². The van der Waals surface area contributed by atoms with Gasteiger partial charge in [-0.3, -0.25) is 4.79 Å². The van der Waals surface area contributed by atoms with E-state index >= 15 is 0 Å². The Hall–Kier alpha value is -3.11. The van der Waals surface area contributed by atoms with Crippen LogP contribution in [0, 0.1) is 0 Å². The Bertz CT molecular complexity index is 990. The van der Waals surface area contributed by atoms with E-state index in [1.807, 2.05) is 6.07 Å². The van der Waals surface area contributed by atoms with Gasteiger partial charge in [-0.25, -0.2) is 13.1 Å². The fourth-order valence-corrected chi connectivity index (χ4v) is 3.42. The number of rotatable bonds is 6. The first-order valence-corrected chi connectivity index (χ1v) is 9.05. The maximum atomic E-state index is 12.7. The molecular weight excluding hydrogens is 356 g/mol. The van der Waals surface area contributed by atoms with E-state index in [1.165, 1.54) is 30.2 Å². The molecule has 0 radical (unpaired) electrons. The molecule has 1 amide bonds. The van der Waals surface area contributed by atoms with Crippen LogP contribution in [-0.4, -0.2) is 52.4 Å². The average molecular weight is 372 g/mol. The fourth-order valence-electron chi connectivity index (χ4n) is 2.26. The molecule has 0 spiro atoms. The largest absolute Gasteiger partial charge is 0.325 e. The molecule has 0 atom stereocenters. The van der Waals surface area contributed by atoms with Gasteiger partial charge in [0.2, 0.25) is 15.9 Å². The highest BCUT2D eigenvalue weighted by Crippen LogP contribution is 2.17. The number of hydrogen-bond donors (Lipinski definition) is 1. The van der Waals surface area contributed by atoms with Crippen LogP contribution in [-0.2, 0) is 14.8 Å². The van der Waals surface area contributed by atoms with Crippen LogP contribution in [0.25, 0.3) is 5.69 Å². The topological polar surface area (TPSA) is 110 Å². The summed E-state index contributed by atoms with van der Waals surface area (Å²) in [5, 5.41) is 13.4. The molecule has 0 fully saturated rings. The summed E-state index contributed by atoms with van der Waals surface area (Å²) < 4.78 is 27.8. The van der Waals surface area contributed by atoms with Crippen molar-refractivity contribution in [2.45, 2.75) is 4.90 Å². The summed E-state index contributed by atoms with van der Waals surface area (Å²) >= 11 is 0. The van der Waals surface area contributed by atoms with E-state index in [2.05, 4.69) is 20.8 Å². The van der Waals surface area contributed by atoms with Crippen LogP contribution in [0.15, 0.2) is 65.8 Å². The number of aromatic nitrogens is 4. The molecule has 1 aromatic heterocycles. The van der Waals surface area contributed by atoms with Crippen molar-refractivity contribution in [2.24, 2.45) is 0 Å². The Morgan fingerprint density at radius 3 is 2.62 bits per heavy atom. The number of nitrogens with zero attached hydrogens (tertiary/aromatic N) is 5. The molecule has 0 bridgehead atoms. The van der Waals surface area contributed by atoms with Crippen molar-refractivity contribution < 1.29 is 13.2 Å². The molecular formula is C16H16N6O3S. The highest BCUT2D eigenvalue weighted by atomic mass is 32.2. The predicted molar refractivity (Wildman–Crippen MR) is 94.0 cm³/mol. The SMILES string of the molecule is CN(CC(=O)Nc1ccccc1)S(=O)(=O)c1cccc(-n2cnnn2)c1. The third-order valence-corrected chi connectivity index (χ3v) is 5.36. The van der Waals surface area contributed by atoms with Crippen molar-refractivity contribution in [3.05, 3.63) is 60.9 Å². The van der Waals surface area contributed by atoms with Gasteiger partial charge in [0.15, 0.2) is 0 Å². The van der Waals surface area contributed by atoms with Gasteiger partial charge in [0.25, 0.3) is 0 Å². The van der Waals surface area contributed by atoms with Crippen LogP contribution in [0.3, 0.4) is 0 Å². The Morgan fingerprint density at radius 2 is 1.92 bits per heavy atom. The summed E-state index contributed by atoms with van der Waals surface area (Å²) in [4.78, 5) is 12.1. The Kier molecular flexibility index (Phi) is 5.05. The van der Waals surface area contributed by atoms with Crippen LogP contribution in [0.5, 0.6) is 0 Å². The highest BCUT2D eigenvalue weighted by molar-refractivity contribution is 7.89. The summed E-state index contributed by atoms with van der Waals surface area (Å²) in [6, 6.07) is 15.0. The Morgan fingerprint density at radius 1 is 1.15 bits per heavy atom. The zero-order valence-corrected chi connectivity index (χ0v) is 14.7. The molecule has 3 aromatic rings. The van der Waals surface area contributed by atoms with E-state index in [9.17, 15) is 13.2 Å². The van der Waals surface area contributed by atoms with Gasteiger partial charge in [0.1, 0.15) is 6.33 Å². The van der Waals surface area contributed by atoms with E-state index < -0.39 is 15.9 Å². The number of anilines is 1. The van der Waals surface area contributed by atoms with Crippen molar-refractivity contribution in [1.29, 1.82) is 0 Å². The molecule has 0 aliphatic heterocycles. The standard InChI is InChI=1S/C16H16N6O3S/c1-21(11-16(23)18-13-6-3-2-4-7-13)26(24,25)15-9-5-8-14(10-15)22-12-17-19-20-22/h2-10,12H,11H2,1H3,(H,18,23). The lowest BCUT2D eigenvalue weighted by molar-refractivity contribution is -0.116. The molecule has 1 N–H and O–H groups in total. The van der Waals surface area contributed by atoms with Crippen LogP contribution in [0.2, 0.25) is 0 Å². The molecule has 9 nitrogen and oxygen atoms in total. The number of tetrazole rings is 1. The van der Waals surface area contributed by atoms with Crippen molar-refractivity contribution in [2.75, 3.05) is 18.9 Å². The molecule has 0 unspecified atom stereocenters. The minimum absolute atomic E-state index is 0.0421. The maximum Gasteiger partial charge on any atom is 0.243 e. The monoisotopic (exact) mass is 372 g/mol. The zero-order valence-electron chi connectivity index (χ0n) is 13.8. The number of nitrogens with one attached hydrogen (secondary N) is 1. The van der Waals surface area contributed by atoms with Gasteiger partial charge in [-0.1, -0.05) is 24.3 Å². The number of amides is 1. The summed E-state index contributed by atoms with van der Waals surface area (Å²) in [5.41, 5.74) is 1.10. The van der Waals surface area contributed by atoms with Gasteiger partial charge in [-0.05, 0) is 40.8 Å². The van der Waals surface area contributed by atoms with E-state index in [-0.39, 0.29) is 11.4 Å². The van der Waals surface area contributed by atoms with E-state index in [0.717, 1.165) is 4.31 Å². The van der Waals surface area contributed by atoms with Crippen LogP contribution >= 0.6 is 0 Å². The predicted octanol–water partition coefficient (Wildman–Crippen LogP) is 0.921. The summed E-state index contributed by atoms with van der Waals surface area (Å²) in [6.45, 7) is -0.313. The lowest BCUT2D eigenvalue weighted by Gasteiger charge is -2.17. The number of likely N-dealkylation sites (N-methyl/N-ethyl adjacent to an activating group) is 1. The van der Waals surface area contributed by atoms with Crippen molar-refractivity contribution in [3.8, 4) is 5.69 Å². The smallest absolute Gasteiger partial charge is 0.243 e. The summed E-state index contributed by atoms with van der Waals surface area (Å²) in [7, 11) is -2.50. The van der Waals surface area contributed by atoms with Crippen LogP contribution < -0.4 is 5.32 Å². The quantitative estimate of drug-likeness (QED) is 0.689. The normalized spacial score (nSPS) is 11.5. The third-order valence-electron chi connectivity index (χ3n) is 3.56. The number of para-hydroxylation sites is 1. The minimum Gasteiger partial charge on any atom is -0.325 e. The molecule has 2 aromatic carbocycles. The molecule has 3 rings (SSSR count). The summed E-state index contributed by atoms with van der Waals surface area (Å²) in [5.74, 6) is -0.432. The molecule has 0 saturated carbocycles.